The van der Waals surface area contributed by atoms with Crippen LogP contribution in [0.2, 0.25) is 0 Å². The quantitative estimate of drug-likeness (QED) is 0.00999. The number of hydrogen-bond donors (Lipinski definition) is 15. The number of aliphatic carboxylic acids is 5. The predicted molar refractivity (Wildman–Crippen MR) is 438 cm³/mol. The molecule has 2 unspecified atom stereocenters. The lowest BCUT2D eigenvalue weighted by Crippen LogP contribution is -2.51. The number of allylic oxidation sites excluding steroid dienone is 6. The number of likely N-dealkylation sites (N-methyl/N-ethyl adjacent to an activating group) is 1. The molecule has 15 N–H and O–H groups in total. The molecule has 4 aromatic carbocycles. The first kappa shape index (κ1) is 97.2. The van der Waals surface area contributed by atoms with Crippen LogP contribution in [0, 0.1) is 0 Å². The molecule has 652 valence electrons. The number of carbonyl (C=O) groups excluding carboxylic acids is 5. The molecule has 0 bridgehead atoms. The molecule has 2 heterocycles. The summed E-state index contributed by atoms with van der Waals surface area (Å²) in [5.74, 6) is -7.57. The number of nitrogens with zero attached hydrogens (tertiary/aromatic N) is 4. The van der Waals surface area contributed by atoms with E-state index < -0.39 is 105 Å². The Balaban J connectivity index is 0.830. The standard InChI is InChI=1S/C82H112N10O25S2/c1-81(2)61-49-59(118(110,111)112)26-29-65(61)89(5)69(81)18-9-6-10-19-70-82(3,4)62-50-60(119(113,114)115)27-30-66(62)92(70)40-16-8-12-21-72(96)85-38-43-116-45-46-117-44-39-86-74(98)34-25-56-23-32-68(94)58(48-56)52-91(54-77(103)104)42-41-90(53-76(101)102)51-57-47-55(22-31-67(57)93)24-33-73(97)84-36-14-7-11-20-71(95)83-37-15-13-17-63(78(105)106)87-80(109)88-64(79(107)108)28-35-75(99)100/h6,9-10,18-19,22-23,26-27,29-32,47-50,63-64H,7-8,11-17,20-21,24-25,28,33-46,51-54H2,1-5H3,(H14-,83,84,85,86,87,88,93,94,95,96,97,98,99,100,101,102,103,104,105,106,107,108,109,110,111,112,113,114,115)/p+1. The van der Waals surface area contributed by atoms with E-state index in [1.165, 1.54) is 46.2 Å². The molecular weight excluding hydrogens is 1590 g/mol. The maximum Gasteiger partial charge on any atom is 0.326 e. The van der Waals surface area contributed by atoms with Gasteiger partial charge in [-0.05, 0) is 143 Å². The first-order chi connectivity index (χ1) is 56.2. The average molecular weight is 1700 g/mol. The first-order valence-corrected chi connectivity index (χ1v) is 42.3. The van der Waals surface area contributed by atoms with Crippen LogP contribution in [0.4, 0.5) is 16.2 Å². The van der Waals surface area contributed by atoms with Crippen LogP contribution in [-0.2, 0) is 110 Å². The SMILES string of the molecule is CN1/C(=C/C=C/C=C/C2=[N+](CCCCCC(=O)NCCOCCOCCNC(=O)CCc3ccc(O)c(CN(CCN(CC(=O)O)Cc4cc(CCC(=O)NCCCCCC(=O)NCCCCC(NC(=O)NC(CCC(=O)O)C(=O)O)C(=O)O)ccc4O)CC(=O)O)c3)c3ccc(S(=O)(=O)O)cc3C2(C)C)C(C)(C)c2cc(S(=O)(=O)O)ccc21. The lowest BCUT2D eigenvalue weighted by atomic mass is 9.81. The van der Waals surface area contributed by atoms with Crippen LogP contribution in [0.15, 0.2) is 119 Å². The summed E-state index contributed by atoms with van der Waals surface area (Å²) < 4.78 is 81.3. The Morgan fingerprint density at radius 3 is 1.47 bits per heavy atom. The molecule has 0 saturated carbocycles. The van der Waals surface area contributed by atoms with Crippen LogP contribution < -0.4 is 36.8 Å². The molecule has 119 heavy (non-hydrogen) atoms. The van der Waals surface area contributed by atoms with Crippen LogP contribution in [-0.4, -0.2) is 246 Å². The minimum atomic E-state index is -4.48. The Hall–Kier alpha value is -10.7. The fourth-order valence-corrected chi connectivity index (χ4v) is 14.9. The Labute approximate surface area is 692 Å². The van der Waals surface area contributed by atoms with Crippen molar-refractivity contribution in [3.05, 3.63) is 142 Å². The van der Waals surface area contributed by atoms with Crippen molar-refractivity contribution in [2.75, 3.05) is 97.3 Å². The van der Waals surface area contributed by atoms with E-state index in [1.807, 2.05) is 70.0 Å². The number of hydrogen-bond acceptors (Lipinski definition) is 21. The molecule has 0 saturated heterocycles. The predicted octanol–water partition coefficient (Wildman–Crippen LogP) is 6.29. The number of aryl methyl sites for hydroxylation is 2. The molecule has 37 heteroatoms. The summed E-state index contributed by atoms with van der Waals surface area (Å²) in [4.78, 5) is 126. The van der Waals surface area contributed by atoms with Crippen LogP contribution in [0.25, 0.3) is 0 Å². The number of unbranched alkanes of at least 4 members (excludes halogenated alkanes) is 5. The maximum absolute atomic E-state index is 12.9. The maximum atomic E-state index is 12.9. The summed E-state index contributed by atoms with van der Waals surface area (Å²) in [6.07, 6.45) is 14.2. The van der Waals surface area contributed by atoms with E-state index >= 15 is 0 Å². The molecule has 4 aromatic rings. The van der Waals surface area contributed by atoms with Crippen molar-refractivity contribution in [1.82, 2.24) is 41.7 Å². The number of nitrogens with one attached hydrogen (secondary N) is 6. The van der Waals surface area contributed by atoms with Gasteiger partial charge in [-0.1, -0.05) is 62.8 Å². The van der Waals surface area contributed by atoms with Gasteiger partial charge in [0.05, 0.1) is 54.7 Å². The van der Waals surface area contributed by atoms with Gasteiger partial charge in [0.15, 0.2) is 5.71 Å². The van der Waals surface area contributed by atoms with Crippen molar-refractivity contribution in [2.24, 2.45) is 0 Å². The van der Waals surface area contributed by atoms with Crippen LogP contribution in [0.3, 0.4) is 0 Å². The Morgan fingerprint density at radius 1 is 0.504 bits per heavy atom. The van der Waals surface area contributed by atoms with Gasteiger partial charge in [-0.15, -0.1) is 0 Å². The Kier molecular flexibility index (Phi) is 38.5. The molecule has 2 aliphatic heterocycles. The van der Waals surface area contributed by atoms with Crippen molar-refractivity contribution in [1.29, 1.82) is 0 Å². The fraction of sp³-hybridized carbons (Fsp3) is 0.500. The van der Waals surface area contributed by atoms with Gasteiger partial charge in [-0.3, -0.25) is 52.5 Å². The van der Waals surface area contributed by atoms with Gasteiger partial charge in [0.25, 0.3) is 20.2 Å². The second kappa shape index (κ2) is 47.2. The summed E-state index contributed by atoms with van der Waals surface area (Å²) in [6, 6.07) is 14.6. The monoisotopic (exact) mass is 1700 g/mol. The smallest absolute Gasteiger partial charge is 0.326 e. The lowest BCUT2D eigenvalue weighted by molar-refractivity contribution is -0.438. The van der Waals surface area contributed by atoms with Crippen LogP contribution >= 0.6 is 0 Å². The molecular formula is C82H113N10O25S2+. The Morgan fingerprint density at radius 2 is 0.975 bits per heavy atom. The van der Waals surface area contributed by atoms with Crippen molar-refractivity contribution >= 4 is 96.8 Å². The number of phenolic OH excluding ortho intramolecular Hbond substituents is 2. The number of benzene rings is 4. The zero-order valence-electron chi connectivity index (χ0n) is 67.8. The molecule has 6 amide bonds. The van der Waals surface area contributed by atoms with Crippen molar-refractivity contribution in [3.63, 3.8) is 0 Å². The fourth-order valence-electron chi connectivity index (χ4n) is 13.9. The van der Waals surface area contributed by atoms with Gasteiger partial charge in [-0.2, -0.15) is 21.4 Å². The second-order valence-electron chi connectivity index (χ2n) is 30.2. The van der Waals surface area contributed by atoms with E-state index in [1.54, 1.807) is 36.4 Å². The number of fused-ring (bicyclic) bond motifs is 2. The Bertz CT molecular complexity index is 4600. The molecule has 0 fully saturated rings. The highest BCUT2D eigenvalue weighted by Crippen LogP contribution is 2.48. The van der Waals surface area contributed by atoms with Gasteiger partial charge >= 0.3 is 35.9 Å². The molecule has 0 aromatic heterocycles. The second-order valence-corrected chi connectivity index (χ2v) is 33.0. The number of aromatic hydroxyl groups is 2. The summed E-state index contributed by atoms with van der Waals surface area (Å²) in [5.41, 5.74) is 5.74. The number of phenols is 2. The average Bonchev–Trinajstić information content (AvgIpc) is 1.59. The highest BCUT2D eigenvalue weighted by molar-refractivity contribution is 7.86. The number of amides is 6. The molecule has 35 nitrogen and oxygen atoms in total. The van der Waals surface area contributed by atoms with E-state index in [4.69, 9.17) is 14.6 Å². The van der Waals surface area contributed by atoms with Gasteiger partial charge in [-0.25, -0.2) is 14.4 Å². The number of carbonyl (C=O) groups is 10. The molecule has 2 atom stereocenters. The third kappa shape index (κ3) is 32.5. The zero-order chi connectivity index (χ0) is 87.6. The van der Waals surface area contributed by atoms with E-state index in [2.05, 4.69) is 36.5 Å². The van der Waals surface area contributed by atoms with Gasteiger partial charge in [0.2, 0.25) is 29.3 Å². The van der Waals surface area contributed by atoms with Gasteiger partial charge in [0, 0.05) is 144 Å². The van der Waals surface area contributed by atoms with Crippen molar-refractivity contribution < 1.29 is 124 Å². The van der Waals surface area contributed by atoms with Crippen LogP contribution in [0.5, 0.6) is 11.5 Å². The van der Waals surface area contributed by atoms with Crippen molar-refractivity contribution in [3.8, 4) is 11.5 Å². The van der Waals surface area contributed by atoms with E-state index in [0.29, 0.717) is 80.3 Å². The van der Waals surface area contributed by atoms with Gasteiger partial charge < -0.3 is 82.0 Å². The summed E-state index contributed by atoms with van der Waals surface area (Å²) in [7, 11) is -7.00. The number of anilines is 1. The van der Waals surface area contributed by atoms with Gasteiger partial charge in [0.1, 0.15) is 30.1 Å². The van der Waals surface area contributed by atoms with E-state index in [0.717, 1.165) is 33.9 Å². The number of carboxylic acids is 5. The molecule has 0 spiro atoms. The summed E-state index contributed by atoms with van der Waals surface area (Å²) in [6.45, 7) is 9.49. The summed E-state index contributed by atoms with van der Waals surface area (Å²) >= 11 is 0. The molecule has 6 rings (SSSR count). The highest BCUT2D eigenvalue weighted by atomic mass is 32.2. The number of ether oxygens (including phenoxy) is 2. The van der Waals surface area contributed by atoms with E-state index in [-0.39, 0.29) is 169 Å². The topological polar surface area (TPSA) is 524 Å². The molecule has 0 radical (unpaired) electrons. The van der Waals surface area contributed by atoms with Crippen molar-refractivity contribution in [2.45, 2.75) is 183 Å². The third-order valence-corrected chi connectivity index (χ3v) is 22.0. The number of urea groups is 1. The van der Waals surface area contributed by atoms with Crippen LogP contribution in [0.1, 0.15) is 157 Å². The largest absolute Gasteiger partial charge is 0.508 e. The minimum absolute atomic E-state index is 0.0237. The normalized spacial score (nSPS) is 14.5. The zero-order valence-corrected chi connectivity index (χ0v) is 69.4. The highest BCUT2D eigenvalue weighted by Gasteiger charge is 2.45. The molecule has 2 aliphatic rings. The number of carboxylic acid groups (broad SMARTS) is 5. The lowest BCUT2D eigenvalue weighted by Gasteiger charge is -2.26. The number of rotatable bonds is 55. The first-order valence-electron chi connectivity index (χ1n) is 39.4. The minimum Gasteiger partial charge on any atom is -0.508 e. The third-order valence-electron chi connectivity index (χ3n) is 20.3. The molecule has 0 aliphatic carbocycles. The van der Waals surface area contributed by atoms with E-state index in [9.17, 15) is 105 Å². The summed E-state index contributed by atoms with van der Waals surface area (Å²) in [5, 5.41) is 84.5.